The van der Waals surface area contributed by atoms with Crippen molar-refractivity contribution in [1.82, 2.24) is 10.6 Å². The Morgan fingerprint density at radius 1 is 0.839 bits per heavy atom. The van der Waals surface area contributed by atoms with Gasteiger partial charge in [-0.3, -0.25) is 0 Å². The summed E-state index contributed by atoms with van der Waals surface area (Å²) in [5.74, 6) is 0.711. The lowest BCUT2D eigenvalue weighted by molar-refractivity contribution is 0.136. The number of methoxy groups -OCH3 is 1. The molecular formula is C26H32N2O3. The van der Waals surface area contributed by atoms with E-state index in [0.29, 0.717) is 11.3 Å². The van der Waals surface area contributed by atoms with Gasteiger partial charge in [0, 0.05) is 31.6 Å². The first-order chi connectivity index (χ1) is 15.1. The SMILES string of the molecule is COc1cc(C(O)C(C)NCCNCC(c2ccccc2)c2ccccc2)ccc1O. The normalized spacial score (nSPS) is 13.2. The molecule has 164 valence electrons. The van der Waals surface area contributed by atoms with Crippen molar-refractivity contribution >= 4 is 0 Å². The zero-order chi connectivity index (χ0) is 22.1. The summed E-state index contributed by atoms with van der Waals surface area (Å²) < 4.78 is 5.13. The van der Waals surface area contributed by atoms with Crippen LogP contribution in [0.3, 0.4) is 0 Å². The van der Waals surface area contributed by atoms with Crippen LogP contribution in [-0.2, 0) is 0 Å². The number of hydrogen-bond donors (Lipinski definition) is 4. The molecule has 0 bridgehead atoms. The van der Waals surface area contributed by atoms with Crippen LogP contribution in [0.5, 0.6) is 11.5 Å². The predicted molar refractivity (Wildman–Crippen MR) is 125 cm³/mol. The maximum atomic E-state index is 10.6. The van der Waals surface area contributed by atoms with Gasteiger partial charge in [0.15, 0.2) is 11.5 Å². The molecule has 0 saturated carbocycles. The van der Waals surface area contributed by atoms with Gasteiger partial charge in [0.1, 0.15) is 0 Å². The molecular weight excluding hydrogens is 388 g/mol. The number of nitrogens with one attached hydrogen (secondary N) is 2. The fraction of sp³-hybridized carbons (Fsp3) is 0.308. The van der Waals surface area contributed by atoms with Crippen LogP contribution in [0, 0.1) is 0 Å². The first-order valence-corrected chi connectivity index (χ1v) is 10.7. The molecule has 2 unspecified atom stereocenters. The second kappa shape index (κ2) is 11.5. The van der Waals surface area contributed by atoms with Crippen molar-refractivity contribution in [2.45, 2.75) is 25.0 Å². The standard InChI is InChI=1S/C26H32N2O3/c1-19(26(30)22-13-14-24(29)25(17-22)31-2)28-16-15-27-18-23(20-9-5-3-6-10-20)21-11-7-4-8-12-21/h3-14,17,19,23,26-30H,15-16,18H2,1-2H3. The predicted octanol–water partition coefficient (Wildman–Crippen LogP) is 3.83. The molecule has 5 heteroatoms. The van der Waals surface area contributed by atoms with Crippen LogP contribution >= 0.6 is 0 Å². The highest BCUT2D eigenvalue weighted by atomic mass is 16.5. The minimum atomic E-state index is -0.698. The van der Waals surface area contributed by atoms with Gasteiger partial charge in [-0.1, -0.05) is 66.7 Å². The van der Waals surface area contributed by atoms with Crippen LogP contribution in [0.25, 0.3) is 0 Å². The van der Waals surface area contributed by atoms with Gasteiger partial charge >= 0.3 is 0 Å². The Balaban J connectivity index is 1.50. The third-order valence-corrected chi connectivity index (χ3v) is 5.54. The molecule has 5 nitrogen and oxygen atoms in total. The summed E-state index contributed by atoms with van der Waals surface area (Å²) in [5.41, 5.74) is 3.29. The lowest BCUT2D eigenvalue weighted by Gasteiger charge is -2.22. The average molecular weight is 421 g/mol. The summed E-state index contributed by atoms with van der Waals surface area (Å²) in [5, 5.41) is 27.3. The third kappa shape index (κ3) is 6.31. The molecule has 3 aromatic rings. The molecule has 0 aromatic heterocycles. The van der Waals surface area contributed by atoms with E-state index in [1.807, 2.05) is 19.1 Å². The summed E-state index contributed by atoms with van der Waals surface area (Å²) >= 11 is 0. The fourth-order valence-corrected chi connectivity index (χ4v) is 3.71. The zero-order valence-electron chi connectivity index (χ0n) is 18.2. The first kappa shape index (κ1) is 22.8. The second-order valence-corrected chi connectivity index (χ2v) is 7.70. The van der Waals surface area contributed by atoms with E-state index in [4.69, 9.17) is 4.74 Å². The van der Waals surface area contributed by atoms with Crippen LogP contribution in [-0.4, -0.2) is 43.0 Å². The molecule has 0 heterocycles. The number of benzene rings is 3. The van der Waals surface area contributed by atoms with Gasteiger partial charge in [0.25, 0.3) is 0 Å². The maximum Gasteiger partial charge on any atom is 0.160 e. The van der Waals surface area contributed by atoms with E-state index >= 15 is 0 Å². The quantitative estimate of drug-likeness (QED) is 0.355. The molecule has 31 heavy (non-hydrogen) atoms. The van der Waals surface area contributed by atoms with E-state index < -0.39 is 6.10 Å². The second-order valence-electron chi connectivity index (χ2n) is 7.70. The van der Waals surface area contributed by atoms with Crippen LogP contribution in [0.1, 0.15) is 35.6 Å². The maximum absolute atomic E-state index is 10.6. The van der Waals surface area contributed by atoms with Gasteiger partial charge in [0.05, 0.1) is 13.2 Å². The van der Waals surface area contributed by atoms with Crippen LogP contribution in [0.4, 0.5) is 0 Å². The molecule has 0 amide bonds. The number of ether oxygens (including phenoxy) is 1. The molecule has 0 spiro atoms. The Hall–Kier alpha value is -2.86. The minimum absolute atomic E-state index is 0.0645. The van der Waals surface area contributed by atoms with Gasteiger partial charge in [-0.15, -0.1) is 0 Å². The number of hydrogen-bond acceptors (Lipinski definition) is 5. The molecule has 0 saturated heterocycles. The number of phenols is 1. The van der Waals surface area contributed by atoms with Crippen LogP contribution in [0.15, 0.2) is 78.9 Å². The molecule has 0 aliphatic rings. The van der Waals surface area contributed by atoms with Gasteiger partial charge < -0.3 is 25.6 Å². The van der Waals surface area contributed by atoms with E-state index in [0.717, 1.165) is 19.6 Å². The summed E-state index contributed by atoms with van der Waals surface area (Å²) in [7, 11) is 1.50. The fourth-order valence-electron chi connectivity index (χ4n) is 3.71. The van der Waals surface area contributed by atoms with Crippen molar-refractivity contribution in [1.29, 1.82) is 0 Å². The Morgan fingerprint density at radius 3 is 2.03 bits per heavy atom. The monoisotopic (exact) mass is 420 g/mol. The molecule has 0 fully saturated rings. The van der Waals surface area contributed by atoms with E-state index in [-0.39, 0.29) is 17.7 Å². The highest BCUT2D eigenvalue weighted by Crippen LogP contribution is 2.30. The van der Waals surface area contributed by atoms with Crippen LogP contribution < -0.4 is 15.4 Å². The highest BCUT2D eigenvalue weighted by Gasteiger charge is 2.18. The molecule has 3 rings (SSSR count). The van der Waals surface area contributed by atoms with Crippen molar-refractivity contribution < 1.29 is 14.9 Å². The summed E-state index contributed by atoms with van der Waals surface area (Å²) in [6.45, 7) is 4.29. The van der Waals surface area contributed by atoms with Crippen molar-refractivity contribution in [2.24, 2.45) is 0 Å². The Kier molecular flexibility index (Phi) is 8.47. The average Bonchev–Trinajstić information content (AvgIpc) is 2.82. The first-order valence-electron chi connectivity index (χ1n) is 10.7. The molecule has 2 atom stereocenters. The smallest absolute Gasteiger partial charge is 0.160 e. The summed E-state index contributed by atoms with van der Waals surface area (Å²) in [6, 6.07) is 25.8. The topological polar surface area (TPSA) is 73.8 Å². The van der Waals surface area contributed by atoms with Crippen molar-refractivity contribution in [3.8, 4) is 11.5 Å². The van der Waals surface area contributed by atoms with E-state index in [1.54, 1.807) is 18.2 Å². The van der Waals surface area contributed by atoms with Crippen molar-refractivity contribution in [2.75, 3.05) is 26.7 Å². The Bertz CT molecular complexity index is 879. The number of phenolic OH excluding ortho intramolecular Hbond substituents is 1. The Morgan fingerprint density at radius 2 is 1.45 bits per heavy atom. The summed E-state index contributed by atoms with van der Waals surface area (Å²) in [6.07, 6.45) is -0.698. The van der Waals surface area contributed by atoms with Crippen LogP contribution in [0.2, 0.25) is 0 Å². The Labute approximate surface area is 184 Å². The number of aromatic hydroxyl groups is 1. The van der Waals surface area contributed by atoms with Gasteiger partial charge in [-0.05, 0) is 35.7 Å². The minimum Gasteiger partial charge on any atom is -0.504 e. The van der Waals surface area contributed by atoms with Crippen molar-refractivity contribution in [3.63, 3.8) is 0 Å². The molecule has 0 aliphatic heterocycles. The number of aliphatic hydroxyl groups is 1. The zero-order valence-corrected chi connectivity index (χ0v) is 18.2. The largest absolute Gasteiger partial charge is 0.504 e. The number of rotatable bonds is 11. The van der Waals surface area contributed by atoms with Gasteiger partial charge in [-0.25, -0.2) is 0 Å². The lowest BCUT2D eigenvalue weighted by atomic mass is 9.91. The lowest BCUT2D eigenvalue weighted by Crippen LogP contribution is -2.38. The molecule has 0 radical (unpaired) electrons. The van der Waals surface area contributed by atoms with E-state index in [1.165, 1.54) is 18.2 Å². The van der Waals surface area contributed by atoms with Crippen molar-refractivity contribution in [3.05, 3.63) is 95.6 Å². The van der Waals surface area contributed by atoms with Gasteiger partial charge in [0.2, 0.25) is 0 Å². The molecule has 0 aliphatic carbocycles. The molecule has 3 aromatic carbocycles. The van der Waals surface area contributed by atoms with Gasteiger partial charge in [-0.2, -0.15) is 0 Å². The summed E-state index contributed by atoms with van der Waals surface area (Å²) in [4.78, 5) is 0. The molecule has 4 N–H and O–H groups in total. The highest BCUT2D eigenvalue weighted by molar-refractivity contribution is 5.42. The number of aliphatic hydroxyl groups excluding tert-OH is 1. The third-order valence-electron chi connectivity index (χ3n) is 5.54. The van der Waals surface area contributed by atoms with E-state index in [2.05, 4.69) is 59.2 Å². The van der Waals surface area contributed by atoms with E-state index in [9.17, 15) is 10.2 Å².